The van der Waals surface area contributed by atoms with E-state index in [9.17, 15) is 4.79 Å². The van der Waals surface area contributed by atoms with Gasteiger partial charge in [-0.25, -0.2) is 0 Å². The maximum atomic E-state index is 12.0. The Morgan fingerprint density at radius 3 is 3.00 bits per heavy atom. The van der Waals surface area contributed by atoms with Crippen LogP contribution in [0.4, 0.5) is 11.4 Å². The van der Waals surface area contributed by atoms with Gasteiger partial charge in [0.1, 0.15) is 6.04 Å². The van der Waals surface area contributed by atoms with Gasteiger partial charge in [-0.1, -0.05) is 19.1 Å². The smallest absolute Gasteiger partial charge is 0.246 e. The molecule has 0 saturated heterocycles. The van der Waals surface area contributed by atoms with Gasteiger partial charge in [0.05, 0.1) is 6.61 Å². The number of nitrogens with one attached hydrogen (secondary N) is 2. The van der Waals surface area contributed by atoms with Crippen LogP contribution in [0.2, 0.25) is 0 Å². The summed E-state index contributed by atoms with van der Waals surface area (Å²) in [6.45, 7) is 7.90. The van der Waals surface area contributed by atoms with Crippen LogP contribution in [0.15, 0.2) is 30.9 Å². The zero-order chi connectivity index (χ0) is 15.2. The summed E-state index contributed by atoms with van der Waals surface area (Å²) < 4.78 is 0. The van der Waals surface area contributed by atoms with Crippen molar-refractivity contribution in [2.24, 2.45) is 0 Å². The molecule has 0 bridgehead atoms. The summed E-state index contributed by atoms with van der Waals surface area (Å²) in [7, 11) is 0. The van der Waals surface area contributed by atoms with Gasteiger partial charge in [-0.05, 0) is 25.1 Å². The van der Waals surface area contributed by atoms with Crippen molar-refractivity contribution in [2.75, 3.05) is 36.5 Å². The minimum absolute atomic E-state index is 0.00645. The molecule has 2 rings (SSSR count). The molecule has 3 N–H and O–H groups in total. The molecule has 21 heavy (non-hydrogen) atoms. The highest BCUT2D eigenvalue weighted by Crippen LogP contribution is 2.34. The molecule has 0 aliphatic carbocycles. The number of carbonyl (C=O) groups excluding carboxylic acids is 1. The highest BCUT2D eigenvalue weighted by Gasteiger charge is 2.30. The van der Waals surface area contributed by atoms with Gasteiger partial charge in [-0.3, -0.25) is 4.79 Å². The topological polar surface area (TPSA) is 64.6 Å². The van der Waals surface area contributed by atoms with Gasteiger partial charge in [0.15, 0.2) is 0 Å². The summed E-state index contributed by atoms with van der Waals surface area (Å²) in [4.78, 5) is 14.0. The second-order valence-corrected chi connectivity index (χ2v) is 5.11. The molecule has 0 spiro atoms. The highest BCUT2D eigenvalue weighted by atomic mass is 16.3. The van der Waals surface area contributed by atoms with Gasteiger partial charge >= 0.3 is 0 Å². The summed E-state index contributed by atoms with van der Waals surface area (Å²) in [5.41, 5.74) is 2.80. The van der Waals surface area contributed by atoms with Crippen molar-refractivity contribution in [3.63, 3.8) is 0 Å². The van der Waals surface area contributed by atoms with Gasteiger partial charge in [0, 0.05) is 30.0 Å². The van der Waals surface area contributed by atoms with Crippen molar-refractivity contribution in [1.29, 1.82) is 0 Å². The van der Waals surface area contributed by atoms with Crippen LogP contribution in [0, 0.1) is 0 Å². The lowest BCUT2D eigenvalue weighted by atomic mass is 10.1. The molecule has 114 valence electrons. The monoisotopic (exact) mass is 289 g/mol. The molecule has 1 heterocycles. The predicted octanol–water partition coefficient (Wildman–Crippen LogP) is 1.66. The summed E-state index contributed by atoms with van der Waals surface area (Å²) in [5, 5.41) is 15.3. The lowest BCUT2D eigenvalue weighted by Crippen LogP contribution is -2.28. The number of fused-ring (bicyclic) bond motifs is 1. The summed E-state index contributed by atoms with van der Waals surface area (Å²) in [5.74, 6) is -0.00645. The number of hydrogen-bond acceptors (Lipinski definition) is 4. The largest absolute Gasteiger partial charge is 0.395 e. The number of hydrogen-bond donors (Lipinski definition) is 3. The van der Waals surface area contributed by atoms with Crippen LogP contribution in [-0.4, -0.2) is 37.3 Å². The van der Waals surface area contributed by atoms with E-state index in [4.69, 9.17) is 5.11 Å². The van der Waals surface area contributed by atoms with E-state index in [2.05, 4.69) is 24.1 Å². The average Bonchev–Trinajstić information content (AvgIpc) is 2.79. The predicted molar refractivity (Wildman–Crippen MR) is 85.6 cm³/mol. The third-order valence-corrected chi connectivity index (χ3v) is 3.55. The third-order valence-electron chi connectivity index (χ3n) is 3.55. The number of benzene rings is 1. The van der Waals surface area contributed by atoms with Crippen LogP contribution in [-0.2, 0) is 4.79 Å². The van der Waals surface area contributed by atoms with E-state index < -0.39 is 0 Å². The first-order valence-electron chi connectivity index (χ1n) is 7.36. The van der Waals surface area contributed by atoms with Crippen molar-refractivity contribution in [2.45, 2.75) is 19.4 Å². The first kappa shape index (κ1) is 15.5. The Hall–Kier alpha value is -1.85. The standard InChI is InChI=1S/C16H23N3O2/c1-3-7-17-15-13-6-5-12(11-14(13)18-16(15)21)19(8-4-2)9-10-20/h4-6,11,15,17,20H,2-3,7-10H2,1H3,(H,18,21). The summed E-state index contributed by atoms with van der Waals surface area (Å²) in [6.07, 6.45) is 2.79. The molecule has 0 radical (unpaired) electrons. The van der Waals surface area contributed by atoms with Gasteiger partial charge in [-0.2, -0.15) is 0 Å². The second kappa shape index (κ2) is 7.24. The first-order valence-corrected chi connectivity index (χ1v) is 7.36. The number of carbonyl (C=O) groups is 1. The molecule has 0 fully saturated rings. The van der Waals surface area contributed by atoms with E-state index in [1.165, 1.54) is 0 Å². The molecule has 1 unspecified atom stereocenters. The molecular weight excluding hydrogens is 266 g/mol. The van der Waals surface area contributed by atoms with E-state index in [0.717, 1.165) is 29.9 Å². The number of anilines is 2. The van der Waals surface area contributed by atoms with E-state index in [-0.39, 0.29) is 18.6 Å². The first-order chi connectivity index (χ1) is 10.2. The van der Waals surface area contributed by atoms with Crippen molar-refractivity contribution < 1.29 is 9.90 Å². The molecule has 5 heteroatoms. The van der Waals surface area contributed by atoms with Gasteiger partial charge < -0.3 is 20.6 Å². The van der Waals surface area contributed by atoms with Gasteiger partial charge in [0.2, 0.25) is 5.91 Å². The molecule has 1 aliphatic rings. The molecule has 5 nitrogen and oxygen atoms in total. The SMILES string of the molecule is C=CCN(CCO)c1ccc2c(c1)NC(=O)C2NCCC. The van der Waals surface area contributed by atoms with Gasteiger partial charge in [-0.15, -0.1) is 6.58 Å². The fraction of sp³-hybridized carbons (Fsp3) is 0.438. The van der Waals surface area contributed by atoms with Gasteiger partial charge in [0.25, 0.3) is 0 Å². The molecule has 1 aliphatic heterocycles. The molecule has 1 aromatic carbocycles. The zero-order valence-electron chi connectivity index (χ0n) is 12.4. The Bertz CT molecular complexity index is 516. The van der Waals surface area contributed by atoms with Crippen LogP contribution in [0.25, 0.3) is 0 Å². The second-order valence-electron chi connectivity index (χ2n) is 5.11. The van der Waals surface area contributed by atoms with Crippen molar-refractivity contribution in [3.05, 3.63) is 36.4 Å². The fourth-order valence-corrected chi connectivity index (χ4v) is 2.54. The minimum atomic E-state index is -0.264. The lowest BCUT2D eigenvalue weighted by Gasteiger charge is -2.23. The number of aliphatic hydroxyl groups is 1. The van der Waals surface area contributed by atoms with E-state index in [1.54, 1.807) is 6.08 Å². The summed E-state index contributed by atoms with van der Waals surface area (Å²) in [6, 6.07) is 5.65. The Kier molecular flexibility index (Phi) is 5.36. The molecule has 1 amide bonds. The molecule has 1 aromatic rings. The molecule has 1 atom stereocenters. The summed E-state index contributed by atoms with van der Waals surface area (Å²) >= 11 is 0. The van der Waals surface area contributed by atoms with E-state index in [0.29, 0.717) is 13.1 Å². The Morgan fingerprint density at radius 1 is 1.52 bits per heavy atom. The Balaban J connectivity index is 2.22. The quantitative estimate of drug-likeness (QED) is 0.637. The Labute approximate surface area is 125 Å². The van der Waals surface area contributed by atoms with Crippen LogP contribution in [0.3, 0.4) is 0 Å². The number of rotatable bonds is 8. The van der Waals surface area contributed by atoms with E-state index in [1.807, 2.05) is 23.1 Å². The number of amides is 1. The lowest BCUT2D eigenvalue weighted by molar-refractivity contribution is -0.117. The highest BCUT2D eigenvalue weighted by molar-refractivity contribution is 6.03. The van der Waals surface area contributed by atoms with E-state index >= 15 is 0 Å². The van der Waals surface area contributed by atoms with Crippen LogP contribution >= 0.6 is 0 Å². The molecule has 0 aromatic heterocycles. The average molecular weight is 289 g/mol. The zero-order valence-corrected chi connectivity index (χ0v) is 12.4. The van der Waals surface area contributed by atoms with Crippen LogP contribution in [0.5, 0.6) is 0 Å². The molecule has 0 saturated carbocycles. The Morgan fingerprint density at radius 2 is 2.33 bits per heavy atom. The van der Waals surface area contributed by atoms with Crippen molar-refractivity contribution >= 4 is 17.3 Å². The number of aliphatic hydroxyl groups excluding tert-OH is 1. The maximum Gasteiger partial charge on any atom is 0.246 e. The normalized spacial score (nSPS) is 16.5. The number of nitrogens with zero attached hydrogens (tertiary/aromatic N) is 1. The fourth-order valence-electron chi connectivity index (χ4n) is 2.54. The maximum absolute atomic E-state index is 12.0. The van der Waals surface area contributed by atoms with Crippen LogP contribution in [0.1, 0.15) is 24.9 Å². The molecular formula is C16H23N3O2. The minimum Gasteiger partial charge on any atom is -0.395 e. The van der Waals surface area contributed by atoms with Crippen molar-refractivity contribution in [1.82, 2.24) is 5.32 Å². The van der Waals surface area contributed by atoms with Crippen LogP contribution < -0.4 is 15.5 Å². The van der Waals surface area contributed by atoms with Crippen molar-refractivity contribution in [3.8, 4) is 0 Å². The third kappa shape index (κ3) is 3.43.